The lowest BCUT2D eigenvalue weighted by molar-refractivity contribution is -0.148. The lowest BCUT2D eigenvalue weighted by Gasteiger charge is -2.20. The van der Waals surface area contributed by atoms with Crippen LogP contribution in [0.25, 0.3) is 11.1 Å². The van der Waals surface area contributed by atoms with E-state index in [1.54, 1.807) is 0 Å². The maximum atomic E-state index is 12.5. The van der Waals surface area contributed by atoms with Gasteiger partial charge in [-0.05, 0) is 28.7 Å². The van der Waals surface area contributed by atoms with Crippen LogP contribution in [0.1, 0.15) is 36.8 Å². The SMILES string of the molecule is CCC[C@@H](NC(=O)OCC1c2ccccc2-c2ccccc21)C(=O)NCC(OC)C(=O)O. The minimum Gasteiger partial charge on any atom is -0.479 e. The van der Waals surface area contributed by atoms with Gasteiger partial charge in [-0.15, -0.1) is 0 Å². The molecule has 0 saturated heterocycles. The molecule has 170 valence electrons. The first-order valence-electron chi connectivity index (χ1n) is 10.6. The Morgan fingerprint density at radius 2 is 1.62 bits per heavy atom. The van der Waals surface area contributed by atoms with Crippen LogP contribution in [0.15, 0.2) is 48.5 Å². The van der Waals surface area contributed by atoms with Crippen LogP contribution in [0.3, 0.4) is 0 Å². The molecule has 2 atom stereocenters. The van der Waals surface area contributed by atoms with E-state index in [2.05, 4.69) is 22.8 Å². The molecule has 0 spiro atoms. The van der Waals surface area contributed by atoms with Gasteiger partial charge in [-0.25, -0.2) is 9.59 Å². The monoisotopic (exact) mass is 440 g/mol. The molecule has 0 heterocycles. The number of amides is 2. The molecule has 2 aromatic rings. The van der Waals surface area contributed by atoms with Gasteiger partial charge in [0.15, 0.2) is 6.10 Å². The van der Waals surface area contributed by atoms with E-state index in [0.717, 1.165) is 22.3 Å². The number of ether oxygens (including phenoxy) is 2. The van der Waals surface area contributed by atoms with E-state index in [4.69, 9.17) is 14.6 Å². The van der Waals surface area contributed by atoms with Gasteiger partial charge < -0.3 is 25.2 Å². The van der Waals surface area contributed by atoms with Gasteiger partial charge in [0.25, 0.3) is 0 Å². The van der Waals surface area contributed by atoms with Crippen molar-refractivity contribution in [1.82, 2.24) is 10.6 Å². The summed E-state index contributed by atoms with van der Waals surface area (Å²) in [6.07, 6.45) is -0.813. The normalized spacial score (nSPS) is 14.1. The number of nitrogens with one attached hydrogen (secondary N) is 2. The van der Waals surface area contributed by atoms with Crippen LogP contribution < -0.4 is 10.6 Å². The fourth-order valence-electron chi connectivity index (χ4n) is 3.93. The van der Waals surface area contributed by atoms with E-state index in [-0.39, 0.29) is 19.1 Å². The molecule has 2 amide bonds. The number of methoxy groups -OCH3 is 1. The van der Waals surface area contributed by atoms with Crippen molar-refractivity contribution < 1.29 is 29.0 Å². The van der Waals surface area contributed by atoms with Crippen molar-refractivity contribution in [2.45, 2.75) is 37.8 Å². The Balaban J connectivity index is 1.60. The second kappa shape index (κ2) is 10.8. The van der Waals surface area contributed by atoms with Crippen LogP contribution in [-0.4, -0.2) is 55.5 Å². The first-order chi connectivity index (χ1) is 15.5. The highest BCUT2D eigenvalue weighted by Crippen LogP contribution is 2.44. The molecule has 0 bridgehead atoms. The van der Waals surface area contributed by atoms with E-state index in [0.29, 0.717) is 12.8 Å². The molecule has 2 aromatic carbocycles. The van der Waals surface area contributed by atoms with Gasteiger partial charge >= 0.3 is 12.1 Å². The number of carbonyl (C=O) groups is 3. The standard InChI is InChI=1S/C24H28N2O6/c1-3-8-20(22(27)25-13-21(31-2)23(28)29)26-24(30)32-14-19-17-11-6-4-9-15(17)16-10-5-7-12-18(16)19/h4-7,9-12,19-21H,3,8,13-14H2,1-2H3,(H,25,27)(H,26,30)(H,28,29)/t20-,21?/m1/s1. The summed E-state index contributed by atoms with van der Waals surface area (Å²) in [4.78, 5) is 36.0. The zero-order valence-corrected chi connectivity index (χ0v) is 18.2. The zero-order chi connectivity index (χ0) is 23.1. The van der Waals surface area contributed by atoms with Crippen molar-refractivity contribution >= 4 is 18.0 Å². The minimum atomic E-state index is -1.18. The molecule has 8 nitrogen and oxygen atoms in total. The van der Waals surface area contributed by atoms with Crippen LogP contribution >= 0.6 is 0 Å². The van der Waals surface area contributed by atoms with Crippen molar-refractivity contribution in [2.24, 2.45) is 0 Å². The molecule has 1 aliphatic carbocycles. The average molecular weight is 440 g/mol. The molecule has 32 heavy (non-hydrogen) atoms. The number of alkyl carbamates (subject to hydrolysis) is 1. The molecular weight excluding hydrogens is 412 g/mol. The Morgan fingerprint density at radius 3 is 2.16 bits per heavy atom. The molecule has 0 radical (unpaired) electrons. The van der Waals surface area contributed by atoms with E-state index in [1.807, 2.05) is 43.3 Å². The van der Waals surface area contributed by atoms with E-state index in [9.17, 15) is 14.4 Å². The summed E-state index contributed by atoms with van der Waals surface area (Å²) in [6.45, 7) is 1.83. The number of aliphatic carboxylic acids is 1. The minimum absolute atomic E-state index is 0.0790. The number of benzene rings is 2. The molecule has 0 aromatic heterocycles. The van der Waals surface area contributed by atoms with E-state index >= 15 is 0 Å². The van der Waals surface area contributed by atoms with Crippen molar-refractivity contribution in [2.75, 3.05) is 20.3 Å². The second-order valence-electron chi connectivity index (χ2n) is 7.62. The number of carboxylic acid groups (broad SMARTS) is 1. The number of hydrogen-bond acceptors (Lipinski definition) is 5. The predicted molar refractivity (Wildman–Crippen MR) is 118 cm³/mol. The summed E-state index contributed by atoms with van der Waals surface area (Å²) in [5.74, 6) is -1.74. The average Bonchev–Trinajstić information content (AvgIpc) is 3.11. The summed E-state index contributed by atoms with van der Waals surface area (Å²) >= 11 is 0. The molecular formula is C24H28N2O6. The zero-order valence-electron chi connectivity index (χ0n) is 18.2. The number of rotatable bonds is 10. The van der Waals surface area contributed by atoms with Gasteiger partial charge in [0.2, 0.25) is 5.91 Å². The van der Waals surface area contributed by atoms with Crippen molar-refractivity contribution in [3.63, 3.8) is 0 Å². The summed E-state index contributed by atoms with van der Waals surface area (Å²) in [7, 11) is 1.25. The van der Waals surface area contributed by atoms with Gasteiger partial charge in [0.05, 0.1) is 6.54 Å². The Kier molecular flexibility index (Phi) is 7.83. The summed E-state index contributed by atoms with van der Waals surface area (Å²) in [5, 5.41) is 14.1. The largest absolute Gasteiger partial charge is 0.479 e. The first kappa shape index (κ1) is 23.3. The topological polar surface area (TPSA) is 114 Å². The fourth-order valence-corrected chi connectivity index (χ4v) is 3.93. The van der Waals surface area contributed by atoms with Gasteiger partial charge in [-0.2, -0.15) is 0 Å². The van der Waals surface area contributed by atoms with Crippen LogP contribution in [-0.2, 0) is 19.1 Å². The van der Waals surface area contributed by atoms with Crippen LogP contribution in [0, 0.1) is 0 Å². The summed E-state index contributed by atoms with van der Waals surface area (Å²) in [5.41, 5.74) is 4.46. The molecule has 3 rings (SSSR count). The van der Waals surface area contributed by atoms with Gasteiger partial charge in [-0.3, -0.25) is 4.79 Å². The molecule has 0 aliphatic heterocycles. The summed E-state index contributed by atoms with van der Waals surface area (Å²) in [6, 6.07) is 15.2. The van der Waals surface area contributed by atoms with Crippen LogP contribution in [0.4, 0.5) is 4.79 Å². The molecule has 8 heteroatoms. The Labute approximate surface area is 186 Å². The smallest absolute Gasteiger partial charge is 0.407 e. The number of carboxylic acids is 1. The van der Waals surface area contributed by atoms with Crippen molar-refractivity contribution in [3.8, 4) is 11.1 Å². The maximum absolute atomic E-state index is 12.5. The van der Waals surface area contributed by atoms with Gasteiger partial charge in [0.1, 0.15) is 12.6 Å². The molecule has 3 N–H and O–H groups in total. The van der Waals surface area contributed by atoms with E-state index < -0.39 is 30.1 Å². The summed E-state index contributed by atoms with van der Waals surface area (Å²) < 4.78 is 10.3. The number of carbonyl (C=O) groups excluding carboxylic acids is 2. The predicted octanol–water partition coefficient (Wildman–Crippen LogP) is 2.91. The molecule has 0 saturated carbocycles. The van der Waals surface area contributed by atoms with Gasteiger partial charge in [-0.1, -0.05) is 61.9 Å². The maximum Gasteiger partial charge on any atom is 0.407 e. The number of hydrogen-bond donors (Lipinski definition) is 3. The van der Waals surface area contributed by atoms with Crippen LogP contribution in [0.5, 0.6) is 0 Å². The third-order valence-corrected chi connectivity index (χ3v) is 5.55. The Hall–Kier alpha value is -3.39. The molecule has 1 unspecified atom stereocenters. The number of fused-ring (bicyclic) bond motifs is 3. The van der Waals surface area contributed by atoms with E-state index in [1.165, 1.54) is 7.11 Å². The lowest BCUT2D eigenvalue weighted by atomic mass is 9.98. The Bertz CT molecular complexity index is 931. The van der Waals surface area contributed by atoms with Crippen molar-refractivity contribution in [1.29, 1.82) is 0 Å². The Morgan fingerprint density at radius 1 is 1.03 bits per heavy atom. The highest BCUT2D eigenvalue weighted by atomic mass is 16.5. The first-order valence-corrected chi connectivity index (χ1v) is 10.6. The molecule has 1 aliphatic rings. The highest BCUT2D eigenvalue weighted by molar-refractivity contribution is 5.86. The lowest BCUT2D eigenvalue weighted by Crippen LogP contribution is -2.49. The third-order valence-electron chi connectivity index (χ3n) is 5.55. The third kappa shape index (κ3) is 5.26. The quantitative estimate of drug-likeness (QED) is 0.524. The van der Waals surface area contributed by atoms with Gasteiger partial charge in [0, 0.05) is 13.0 Å². The molecule has 0 fully saturated rings. The van der Waals surface area contributed by atoms with Crippen molar-refractivity contribution in [3.05, 3.63) is 59.7 Å². The fraction of sp³-hybridized carbons (Fsp3) is 0.375. The van der Waals surface area contributed by atoms with Crippen LogP contribution in [0.2, 0.25) is 0 Å². The second-order valence-corrected chi connectivity index (χ2v) is 7.62. The highest BCUT2D eigenvalue weighted by Gasteiger charge is 2.30.